The first-order valence-corrected chi connectivity index (χ1v) is 8.59. The van der Waals surface area contributed by atoms with Gasteiger partial charge >= 0.3 is 0 Å². The molecule has 2 atom stereocenters. The second-order valence-electron chi connectivity index (χ2n) is 6.23. The molecule has 0 aliphatic carbocycles. The van der Waals surface area contributed by atoms with Crippen molar-refractivity contribution in [3.63, 3.8) is 0 Å². The molecule has 1 N–H and O–H groups in total. The fraction of sp³-hybridized carbons (Fsp3) is 0.588. The lowest BCUT2D eigenvalue weighted by Crippen LogP contribution is -2.53. The molecule has 2 aliphatic rings. The standard InChI is InChI=1S/C17H24N4O4.HI/c1-18-17(19-11-13-4-6-14(7-5-13)21(22)23)20-8-10-25-16(12-20)15-3-2-9-24-15;/h4-7,15-16H,2-3,8-12H2,1H3,(H,18,19);1H. The first kappa shape index (κ1) is 20.8. The van der Waals surface area contributed by atoms with Crippen LogP contribution in [-0.4, -0.2) is 61.3 Å². The molecule has 3 rings (SSSR count). The highest BCUT2D eigenvalue weighted by atomic mass is 127. The summed E-state index contributed by atoms with van der Waals surface area (Å²) >= 11 is 0. The minimum absolute atomic E-state index is 0. The Kier molecular flexibility index (Phi) is 8.04. The van der Waals surface area contributed by atoms with Gasteiger partial charge in [0, 0.05) is 45.4 Å². The number of aliphatic imine (C=N–C) groups is 1. The Balaban J connectivity index is 0.00000243. The van der Waals surface area contributed by atoms with Crippen LogP contribution in [-0.2, 0) is 16.0 Å². The molecule has 2 aliphatic heterocycles. The molecule has 144 valence electrons. The summed E-state index contributed by atoms with van der Waals surface area (Å²) in [6, 6.07) is 6.55. The normalized spacial score (nSPS) is 23.4. The fourth-order valence-electron chi connectivity index (χ4n) is 3.24. The van der Waals surface area contributed by atoms with Crippen LogP contribution in [0.15, 0.2) is 29.3 Å². The lowest BCUT2D eigenvalue weighted by Gasteiger charge is -2.37. The van der Waals surface area contributed by atoms with Crippen LogP contribution < -0.4 is 5.32 Å². The summed E-state index contributed by atoms with van der Waals surface area (Å²) in [6.45, 7) is 3.57. The number of nitro benzene ring substituents is 1. The molecule has 2 heterocycles. The van der Waals surface area contributed by atoms with E-state index < -0.39 is 4.92 Å². The van der Waals surface area contributed by atoms with Gasteiger partial charge < -0.3 is 19.7 Å². The minimum atomic E-state index is -0.394. The molecule has 1 aromatic carbocycles. The van der Waals surface area contributed by atoms with Gasteiger partial charge in [0.1, 0.15) is 6.10 Å². The van der Waals surface area contributed by atoms with Crippen LogP contribution in [0, 0.1) is 10.1 Å². The van der Waals surface area contributed by atoms with Crippen molar-refractivity contribution in [2.24, 2.45) is 4.99 Å². The van der Waals surface area contributed by atoms with Crippen LogP contribution in [0.1, 0.15) is 18.4 Å². The van der Waals surface area contributed by atoms with Crippen molar-refractivity contribution in [1.29, 1.82) is 0 Å². The van der Waals surface area contributed by atoms with Crippen LogP contribution in [0.3, 0.4) is 0 Å². The Bertz CT molecular complexity index is 620. The zero-order valence-corrected chi connectivity index (χ0v) is 17.1. The van der Waals surface area contributed by atoms with E-state index in [0.717, 1.165) is 44.1 Å². The molecule has 0 radical (unpaired) electrons. The quantitative estimate of drug-likeness (QED) is 0.236. The molecule has 0 amide bonds. The Morgan fingerprint density at radius 2 is 2.04 bits per heavy atom. The zero-order valence-electron chi connectivity index (χ0n) is 14.8. The van der Waals surface area contributed by atoms with Gasteiger partial charge in [-0.1, -0.05) is 12.1 Å². The highest BCUT2D eigenvalue weighted by molar-refractivity contribution is 14.0. The van der Waals surface area contributed by atoms with E-state index in [-0.39, 0.29) is 41.9 Å². The van der Waals surface area contributed by atoms with Crippen molar-refractivity contribution in [3.05, 3.63) is 39.9 Å². The third kappa shape index (κ3) is 5.27. The van der Waals surface area contributed by atoms with Gasteiger partial charge in [-0.25, -0.2) is 0 Å². The van der Waals surface area contributed by atoms with E-state index in [2.05, 4.69) is 15.2 Å². The van der Waals surface area contributed by atoms with Crippen molar-refractivity contribution in [2.75, 3.05) is 33.4 Å². The molecule has 2 unspecified atom stereocenters. The summed E-state index contributed by atoms with van der Waals surface area (Å²) in [5.74, 6) is 0.810. The molecule has 0 spiro atoms. The van der Waals surface area contributed by atoms with E-state index in [1.807, 2.05) is 0 Å². The lowest BCUT2D eigenvalue weighted by molar-refractivity contribution is -0.384. The van der Waals surface area contributed by atoms with E-state index in [4.69, 9.17) is 9.47 Å². The highest BCUT2D eigenvalue weighted by Gasteiger charge is 2.32. The maximum atomic E-state index is 10.7. The molecule has 0 saturated carbocycles. The number of morpholine rings is 1. The lowest BCUT2D eigenvalue weighted by atomic mass is 10.1. The monoisotopic (exact) mass is 476 g/mol. The van der Waals surface area contributed by atoms with Gasteiger partial charge in [-0.3, -0.25) is 15.1 Å². The van der Waals surface area contributed by atoms with Gasteiger partial charge in [0.05, 0.1) is 17.6 Å². The molecule has 26 heavy (non-hydrogen) atoms. The van der Waals surface area contributed by atoms with Crippen LogP contribution in [0.2, 0.25) is 0 Å². The topological polar surface area (TPSA) is 89.2 Å². The number of nitrogens with one attached hydrogen (secondary N) is 1. The zero-order chi connectivity index (χ0) is 17.6. The summed E-state index contributed by atoms with van der Waals surface area (Å²) in [6.07, 6.45) is 2.40. The Hall–Kier alpha value is -1.46. The van der Waals surface area contributed by atoms with Gasteiger partial charge in [0.25, 0.3) is 5.69 Å². The largest absolute Gasteiger partial charge is 0.375 e. The fourth-order valence-corrected chi connectivity index (χ4v) is 3.24. The molecule has 0 aromatic heterocycles. The van der Waals surface area contributed by atoms with E-state index in [1.165, 1.54) is 12.1 Å². The molecular formula is C17H25IN4O4. The Morgan fingerprint density at radius 3 is 2.65 bits per heavy atom. The van der Waals surface area contributed by atoms with Crippen LogP contribution >= 0.6 is 24.0 Å². The predicted octanol–water partition coefficient (Wildman–Crippen LogP) is 2.17. The van der Waals surface area contributed by atoms with Gasteiger partial charge in [0.2, 0.25) is 0 Å². The van der Waals surface area contributed by atoms with Gasteiger partial charge in [-0.2, -0.15) is 0 Å². The van der Waals surface area contributed by atoms with Gasteiger partial charge in [-0.05, 0) is 18.4 Å². The van der Waals surface area contributed by atoms with Crippen molar-refractivity contribution >= 4 is 35.6 Å². The van der Waals surface area contributed by atoms with Crippen LogP contribution in [0.4, 0.5) is 5.69 Å². The number of benzene rings is 1. The SMILES string of the molecule is CN=C(NCc1ccc([N+](=O)[O-])cc1)N1CCOC(C2CCCO2)C1.I. The summed E-state index contributed by atoms with van der Waals surface area (Å²) < 4.78 is 11.6. The second kappa shape index (κ2) is 10.0. The van der Waals surface area contributed by atoms with Gasteiger partial charge in [-0.15, -0.1) is 24.0 Å². The number of nitrogens with zero attached hydrogens (tertiary/aromatic N) is 3. The Labute approximate surface area is 170 Å². The number of guanidine groups is 1. The second-order valence-corrected chi connectivity index (χ2v) is 6.23. The maximum absolute atomic E-state index is 10.7. The highest BCUT2D eigenvalue weighted by Crippen LogP contribution is 2.21. The smallest absolute Gasteiger partial charge is 0.269 e. The molecule has 0 bridgehead atoms. The molecule has 1 aromatic rings. The first-order chi connectivity index (χ1) is 12.2. The predicted molar refractivity (Wildman–Crippen MR) is 109 cm³/mol. The summed E-state index contributed by atoms with van der Waals surface area (Å²) in [4.78, 5) is 16.9. The molecule has 8 nitrogen and oxygen atoms in total. The number of ether oxygens (including phenoxy) is 2. The molecule has 9 heteroatoms. The van der Waals surface area contributed by atoms with Crippen LogP contribution in [0.25, 0.3) is 0 Å². The summed E-state index contributed by atoms with van der Waals surface area (Å²) in [5.41, 5.74) is 1.07. The van der Waals surface area contributed by atoms with Crippen LogP contribution in [0.5, 0.6) is 0 Å². The third-order valence-electron chi connectivity index (χ3n) is 4.58. The van der Waals surface area contributed by atoms with Crippen molar-refractivity contribution in [1.82, 2.24) is 10.2 Å². The summed E-state index contributed by atoms with van der Waals surface area (Å²) in [5, 5.41) is 14.0. The number of hydrogen-bond donors (Lipinski definition) is 1. The van der Waals surface area contributed by atoms with E-state index >= 15 is 0 Å². The van der Waals surface area contributed by atoms with E-state index in [1.54, 1.807) is 19.2 Å². The first-order valence-electron chi connectivity index (χ1n) is 8.59. The molecule has 2 saturated heterocycles. The van der Waals surface area contributed by atoms with E-state index in [0.29, 0.717) is 13.2 Å². The number of rotatable bonds is 4. The number of hydrogen-bond acceptors (Lipinski definition) is 5. The Morgan fingerprint density at radius 1 is 1.31 bits per heavy atom. The number of non-ortho nitro benzene ring substituents is 1. The number of nitro groups is 1. The third-order valence-corrected chi connectivity index (χ3v) is 4.58. The average Bonchev–Trinajstić information content (AvgIpc) is 3.18. The van der Waals surface area contributed by atoms with Gasteiger partial charge in [0.15, 0.2) is 5.96 Å². The van der Waals surface area contributed by atoms with E-state index in [9.17, 15) is 10.1 Å². The summed E-state index contributed by atoms with van der Waals surface area (Å²) in [7, 11) is 1.76. The van der Waals surface area contributed by atoms with Crippen molar-refractivity contribution in [3.8, 4) is 0 Å². The number of halogens is 1. The van der Waals surface area contributed by atoms with Crippen molar-refractivity contribution < 1.29 is 14.4 Å². The average molecular weight is 476 g/mol. The molecular weight excluding hydrogens is 451 g/mol. The maximum Gasteiger partial charge on any atom is 0.269 e. The van der Waals surface area contributed by atoms with Crippen molar-refractivity contribution in [2.45, 2.75) is 31.6 Å². The minimum Gasteiger partial charge on any atom is -0.375 e. The molecule has 2 fully saturated rings.